The molecule has 0 bridgehead atoms. The highest BCUT2D eigenvalue weighted by Crippen LogP contribution is 2.26. The Morgan fingerprint density at radius 2 is 1.89 bits per heavy atom. The van der Waals surface area contributed by atoms with Crippen LogP contribution in [0.4, 0.5) is 16.2 Å². The van der Waals surface area contributed by atoms with Gasteiger partial charge in [0.05, 0.1) is 36.4 Å². The average Bonchev–Trinajstić information content (AvgIpc) is 2.91. The fraction of sp³-hybridized carbons (Fsp3) is 0.238. The Morgan fingerprint density at radius 1 is 1.14 bits per heavy atom. The first kappa shape index (κ1) is 19.8. The third-order valence-corrected chi connectivity index (χ3v) is 4.87. The van der Waals surface area contributed by atoms with Crippen molar-refractivity contribution in [2.75, 3.05) is 17.7 Å². The standard InChI is InChI=1S/C21H23ClN4O2/c1-13-9-10-19(28-4)18(11-13)23-21(27)24-20-14(2)25-26(15(20)3)12-16-7-5-6-8-17(16)22/h5-11H,12H2,1-4H3,(H2,23,24,27). The van der Waals surface area contributed by atoms with Crippen molar-refractivity contribution in [3.63, 3.8) is 0 Å². The van der Waals surface area contributed by atoms with E-state index in [0.29, 0.717) is 28.7 Å². The van der Waals surface area contributed by atoms with E-state index in [0.717, 1.165) is 22.5 Å². The number of methoxy groups -OCH3 is 1. The van der Waals surface area contributed by atoms with Gasteiger partial charge >= 0.3 is 6.03 Å². The number of carbonyl (C=O) groups excluding carboxylic acids is 1. The van der Waals surface area contributed by atoms with Crippen LogP contribution in [0.1, 0.15) is 22.5 Å². The number of hydrogen-bond donors (Lipinski definition) is 2. The topological polar surface area (TPSA) is 68.2 Å². The molecule has 1 aromatic heterocycles. The van der Waals surface area contributed by atoms with Crippen LogP contribution in [0.2, 0.25) is 5.02 Å². The molecule has 0 atom stereocenters. The molecule has 0 saturated heterocycles. The summed E-state index contributed by atoms with van der Waals surface area (Å²) >= 11 is 6.26. The lowest BCUT2D eigenvalue weighted by Gasteiger charge is -2.12. The normalized spacial score (nSPS) is 10.6. The second-order valence-corrected chi connectivity index (χ2v) is 6.98. The van der Waals surface area contributed by atoms with Gasteiger partial charge in [0.2, 0.25) is 0 Å². The Morgan fingerprint density at radius 3 is 2.61 bits per heavy atom. The van der Waals surface area contributed by atoms with Crippen LogP contribution in [0.25, 0.3) is 0 Å². The van der Waals surface area contributed by atoms with E-state index >= 15 is 0 Å². The van der Waals surface area contributed by atoms with Crippen LogP contribution in [0.15, 0.2) is 42.5 Å². The number of urea groups is 1. The zero-order valence-electron chi connectivity index (χ0n) is 16.3. The molecule has 0 aliphatic carbocycles. The molecule has 2 amide bonds. The van der Waals surface area contributed by atoms with E-state index in [2.05, 4.69) is 15.7 Å². The SMILES string of the molecule is COc1ccc(C)cc1NC(=O)Nc1c(C)nn(Cc2ccccc2Cl)c1C. The fourth-order valence-electron chi connectivity index (χ4n) is 3.01. The van der Waals surface area contributed by atoms with E-state index in [9.17, 15) is 4.79 Å². The van der Waals surface area contributed by atoms with Gasteiger partial charge in [0.15, 0.2) is 0 Å². The number of aryl methyl sites for hydroxylation is 2. The number of hydrogen-bond acceptors (Lipinski definition) is 3. The minimum absolute atomic E-state index is 0.354. The van der Waals surface area contributed by atoms with Crippen LogP contribution < -0.4 is 15.4 Å². The van der Waals surface area contributed by atoms with Crippen LogP contribution in [0.5, 0.6) is 5.75 Å². The Labute approximate surface area is 169 Å². The van der Waals surface area contributed by atoms with Crippen molar-refractivity contribution in [2.45, 2.75) is 27.3 Å². The highest BCUT2D eigenvalue weighted by molar-refractivity contribution is 6.31. The molecule has 146 valence electrons. The van der Waals surface area contributed by atoms with Crippen LogP contribution >= 0.6 is 11.6 Å². The minimum atomic E-state index is -0.354. The van der Waals surface area contributed by atoms with Gasteiger partial charge in [-0.25, -0.2) is 4.79 Å². The van der Waals surface area contributed by atoms with Crippen molar-refractivity contribution in [2.24, 2.45) is 0 Å². The number of anilines is 2. The molecule has 6 nitrogen and oxygen atoms in total. The van der Waals surface area contributed by atoms with Gasteiger partial charge in [-0.1, -0.05) is 35.9 Å². The number of amides is 2. The smallest absolute Gasteiger partial charge is 0.323 e. The van der Waals surface area contributed by atoms with Crippen LogP contribution in [-0.2, 0) is 6.54 Å². The lowest BCUT2D eigenvalue weighted by Crippen LogP contribution is -2.20. The maximum atomic E-state index is 12.6. The first-order valence-electron chi connectivity index (χ1n) is 8.89. The summed E-state index contributed by atoms with van der Waals surface area (Å²) in [7, 11) is 1.57. The fourth-order valence-corrected chi connectivity index (χ4v) is 3.20. The zero-order chi connectivity index (χ0) is 20.3. The Hall–Kier alpha value is -2.99. The number of halogens is 1. The number of benzene rings is 2. The van der Waals surface area contributed by atoms with E-state index in [4.69, 9.17) is 16.3 Å². The molecule has 0 aliphatic heterocycles. The molecule has 0 radical (unpaired) electrons. The van der Waals surface area contributed by atoms with Gasteiger partial charge in [-0.15, -0.1) is 0 Å². The van der Waals surface area contributed by atoms with E-state index in [-0.39, 0.29) is 6.03 Å². The van der Waals surface area contributed by atoms with Crippen LogP contribution in [-0.4, -0.2) is 22.9 Å². The first-order chi connectivity index (χ1) is 13.4. The van der Waals surface area contributed by atoms with Crippen molar-refractivity contribution in [1.29, 1.82) is 0 Å². The summed E-state index contributed by atoms with van der Waals surface area (Å²) in [5.74, 6) is 0.601. The molecule has 0 fully saturated rings. The summed E-state index contributed by atoms with van der Waals surface area (Å²) < 4.78 is 7.14. The molecule has 3 rings (SSSR count). The number of carbonyl (C=O) groups is 1. The third-order valence-electron chi connectivity index (χ3n) is 4.50. The summed E-state index contributed by atoms with van der Waals surface area (Å²) in [6.45, 7) is 6.26. The predicted molar refractivity (Wildman–Crippen MR) is 113 cm³/mol. The Balaban J connectivity index is 1.78. The summed E-state index contributed by atoms with van der Waals surface area (Å²) in [6.07, 6.45) is 0. The van der Waals surface area contributed by atoms with Crippen molar-refractivity contribution in [3.05, 3.63) is 70.0 Å². The van der Waals surface area contributed by atoms with Crippen molar-refractivity contribution in [3.8, 4) is 5.75 Å². The van der Waals surface area contributed by atoms with Gasteiger partial charge < -0.3 is 15.4 Å². The Kier molecular flexibility index (Phi) is 5.90. The molecule has 7 heteroatoms. The summed E-state index contributed by atoms with van der Waals surface area (Å²) in [5, 5.41) is 11.0. The molecule has 0 saturated carbocycles. The second-order valence-electron chi connectivity index (χ2n) is 6.58. The quantitative estimate of drug-likeness (QED) is 0.623. The van der Waals surface area contributed by atoms with Gasteiger partial charge in [-0.2, -0.15) is 5.10 Å². The Bertz CT molecular complexity index is 1010. The third kappa shape index (κ3) is 4.28. The van der Waals surface area contributed by atoms with Crippen LogP contribution in [0.3, 0.4) is 0 Å². The van der Waals surface area contributed by atoms with Crippen molar-refractivity contribution >= 4 is 29.0 Å². The number of nitrogens with zero attached hydrogens (tertiary/aromatic N) is 2. The van der Waals surface area contributed by atoms with E-state index < -0.39 is 0 Å². The molecular formula is C21H23ClN4O2. The van der Waals surface area contributed by atoms with Gasteiger partial charge in [0.25, 0.3) is 0 Å². The molecule has 0 aliphatic rings. The molecule has 0 spiro atoms. The highest BCUT2D eigenvalue weighted by atomic mass is 35.5. The van der Waals surface area contributed by atoms with Crippen LogP contribution in [0, 0.1) is 20.8 Å². The summed E-state index contributed by atoms with van der Waals surface area (Å²) in [6, 6.07) is 12.9. The van der Waals surface area contributed by atoms with E-state index in [1.54, 1.807) is 7.11 Å². The molecule has 28 heavy (non-hydrogen) atoms. The number of nitrogens with one attached hydrogen (secondary N) is 2. The number of rotatable bonds is 5. The van der Waals surface area contributed by atoms with Gasteiger partial charge in [-0.3, -0.25) is 4.68 Å². The maximum absolute atomic E-state index is 12.6. The van der Waals surface area contributed by atoms with Crippen molar-refractivity contribution < 1.29 is 9.53 Å². The summed E-state index contributed by atoms with van der Waals surface area (Å²) in [4.78, 5) is 12.6. The van der Waals surface area contributed by atoms with Gasteiger partial charge in [0.1, 0.15) is 5.75 Å². The molecule has 0 unspecified atom stereocenters. The monoisotopic (exact) mass is 398 g/mol. The highest BCUT2D eigenvalue weighted by Gasteiger charge is 2.16. The number of aromatic nitrogens is 2. The molecule has 2 aromatic carbocycles. The predicted octanol–water partition coefficient (Wildman–Crippen LogP) is 5.16. The minimum Gasteiger partial charge on any atom is -0.495 e. The zero-order valence-corrected chi connectivity index (χ0v) is 17.1. The lowest BCUT2D eigenvalue weighted by molar-refractivity contribution is 0.262. The lowest BCUT2D eigenvalue weighted by atomic mass is 10.2. The molecule has 2 N–H and O–H groups in total. The molecule has 1 heterocycles. The number of ether oxygens (including phenoxy) is 1. The van der Waals surface area contributed by atoms with Gasteiger partial charge in [-0.05, 0) is 50.1 Å². The average molecular weight is 399 g/mol. The molecule has 3 aromatic rings. The maximum Gasteiger partial charge on any atom is 0.323 e. The summed E-state index contributed by atoms with van der Waals surface area (Å²) in [5.41, 5.74) is 4.86. The second kappa shape index (κ2) is 8.35. The first-order valence-corrected chi connectivity index (χ1v) is 9.27. The largest absolute Gasteiger partial charge is 0.495 e. The van der Waals surface area contributed by atoms with E-state index in [1.165, 1.54) is 0 Å². The van der Waals surface area contributed by atoms with E-state index in [1.807, 2.05) is 67.9 Å². The molecular weight excluding hydrogens is 376 g/mol. The van der Waals surface area contributed by atoms with Gasteiger partial charge in [0, 0.05) is 5.02 Å². The van der Waals surface area contributed by atoms with Crippen molar-refractivity contribution in [1.82, 2.24) is 9.78 Å².